The minimum Gasteiger partial charge on any atom is -0.545 e. The number of carbonyl (C=O) groups excluding carboxylic acids is 1. The maximum Gasteiger partial charge on any atom is 0.161 e. The predicted molar refractivity (Wildman–Crippen MR) is 98.1 cm³/mol. The molecule has 2 aromatic carbocycles. The van der Waals surface area contributed by atoms with E-state index >= 15 is 0 Å². The quantitative estimate of drug-likeness (QED) is 0.704. The minimum absolute atomic E-state index is 0.131. The van der Waals surface area contributed by atoms with Crippen LogP contribution in [0.25, 0.3) is 10.8 Å². The summed E-state index contributed by atoms with van der Waals surface area (Å²) in [5.74, 6) is 0.832. The number of fused-ring (bicyclic) bond motifs is 1. The van der Waals surface area contributed by atoms with E-state index in [1.54, 1.807) is 18.3 Å². The molecule has 0 fully saturated rings. The van der Waals surface area contributed by atoms with Crippen molar-refractivity contribution in [1.82, 2.24) is 4.98 Å². The number of hydrogen-bond donors (Lipinski definition) is 1. The second kappa shape index (κ2) is 7.74. The number of anilines is 2. The second-order valence-electron chi connectivity index (χ2n) is 5.57. The summed E-state index contributed by atoms with van der Waals surface area (Å²) in [6.45, 7) is 4.96. The molecule has 0 unspecified atom stereocenters. The second-order valence-corrected chi connectivity index (χ2v) is 5.57. The summed E-state index contributed by atoms with van der Waals surface area (Å²) >= 11 is 0. The van der Waals surface area contributed by atoms with Crippen LogP contribution in [0.1, 0.15) is 24.2 Å². The molecule has 1 aromatic heterocycles. The van der Waals surface area contributed by atoms with Crippen molar-refractivity contribution in [2.24, 2.45) is 0 Å². The number of pyridine rings is 1. The third-order valence-corrected chi connectivity index (χ3v) is 3.78. The molecular formula is C20H19N2O4-. The lowest BCUT2D eigenvalue weighted by Gasteiger charge is -2.13. The zero-order chi connectivity index (χ0) is 18.5. The monoisotopic (exact) mass is 351 g/mol. The van der Waals surface area contributed by atoms with Crippen LogP contribution >= 0.6 is 0 Å². The summed E-state index contributed by atoms with van der Waals surface area (Å²) in [6.07, 6.45) is 1.76. The first kappa shape index (κ1) is 17.5. The lowest BCUT2D eigenvalue weighted by atomic mass is 10.1. The van der Waals surface area contributed by atoms with Crippen LogP contribution in [0, 0.1) is 0 Å². The van der Waals surface area contributed by atoms with Crippen LogP contribution < -0.4 is 19.9 Å². The molecule has 1 heterocycles. The number of hydrogen-bond acceptors (Lipinski definition) is 6. The van der Waals surface area contributed by atoms with Crippen molar-refractivity contribution in [2.75, 3.05) is 18.5 Å². The van der Waals surface area contributed by atoms with Crippen LogP contribution in [0.3, 0.4) is 0 Å². The van der Waals surface area contributed by atoms with E-state index in [4.69, 9.17) is 9.47 Å². The number of aromatic nitrogens is 1. The number of ether oxygens (including phenoxy) is 2. The van der Waals surface area contributed by atoms with Gasteiger partial charge in [-0.3, -0.25) is 0 Å². The molecule has 0 radical (unpaired) electrons. The van der Waals surface area contributed by atoms with E-state index in [2.05, 4.69) is 10.3 Å². The first-order valence-electron chi connectivity index (χ1n) is 8.38. The normalized spacial score (nSPS) is 10.5. The topological polar surface area (TPSA) is 83.5 Å². The van der Waals surface area contributed by atoms with E-state index in [0.29, 0.717) is 30.5 Å². The van der Waals surface area contributed by atoms with E-state index < -0.39 is 5.97 Å². The maximum absolute atomic E-state index is 10.8. The molecule has 6 heteroatoms. The average Bonchev–Trinajstić information content (AvgIpc) is 2.63. The van der Waals surface area contributed by atoms with Crippen molar-refractivity contribution in [3.05, 3.63) is 54.2 Å². The Morgan fingerprint density at radius 1 is 1.00 bits per heavy atom. The van der Waals surface area contributed by atoms with Crippen LogP contribution in [-0.4, -0.2) is 24.2 Å². The molecule has 0 saturated heterocycles. The van der Waals surface area contributed by atoms with Gasteiger partial charge >= 0.3 is 0 Å². The molecule has 0 bridgehead atoms. The first-order chi connectivity index (χ1) is 12.6. The van der Waals surface area contributed by atoms with E-state index in [9.17, 15) is 9.90 Å². The van der Waals surface area contributed by atoms with Crippen molar-refractivity contribution in [2.45, 2.75) is 13.8 Å². The number of carboxylic acid groups (broad SMARTS) is 1. The highest BCUT2D eigenvalue weighted by Crippen LogP contribution is 2.33. The molecule has 0 saturated carbocycles. The zero-order valence-electron chi connectivity index (χ0n) is 14.6. The van der Waals surface area contributed by atoms with Crippen molar-refractivity contribution >= 4 is 28.2 Å². The van der Waals surface area contributed by atoms with Gasteiger partial charge in [0.2, 0.25) is 0 Å². The van der Waals surface area contributed by atoms with Gasteiger partial charge in [-0.1, -0.05) is 12.1 Å². The van der Waals surface area contributed by atoms with Crippen LogP contribution in [0.2, 0.25) is 0 Å². The summed E-state index contributed by atoms with van der Waals surface area (Å²) in [6, 6.07) is 12.0. The van der Waals surface area contributed by atoms with Gasteiger partial charge < -0.3 is 24.7 Å². The van der Waals surface area contributed by atoms with Gasteiger partial charge in [-0.05, 0) is 55.1 Å². The van der Waals surface area contributed by atoms with Crippen molar-refractivity contribution in [3.63, 3.8) is 0 Å². The highest BCUT2D eigenvalue weighted by molar-refractivity contribution is 5.88. The molecule has 0 aliphatic carbocycles. The van der Waals surface area contributed by atoms with Crippen molar-refractivity contribution in [3.8, 4) is 11.5 Å². The molecule has 26 heavy (non-hydrogen) atoms. The van der Waals surface area contributed by atoms with Gasteiger partial charge in [0.25, 0.3) is 0 Å². The Labute approximate surface area is 151 Å². The molecule has 134 valence electrons. The molecule has 0 aliphatic heterocycles. The number of nitrogens with one attached hydrogen (secondary N) is 1. The summed E-state index contributed by atoms with van der Waals surface area (Å²) in [4.78, 5) is 15.2. The molecule has 3 rings (SSSR count). The largest absolute Gasteiger partial charge is 0.545 e. The van der Waals surface area contributed by atoms with Gasteiger partial charge in [0, 0.05) is 17.3 Å². The van der Waals surface area contributed by atoms with Gasteiger partial charge in [-0.25, -0.2) is 4.98 Å². The summed E-state index contributed by atoms with van der Waals surface area (Å²) < 4.78 is 11.3. The van der Waals surface area contributed by atoms with Crippen LogP contribution in [0.4, 0.5) is 11.5 Å². The Kier molecular flexibility index (Phi) is 5.22. The summed E-state index contributed by atoms with van der Waals surface area (Å²) in [5.41, 5.74) is 0.865. The third-order valence-electron chi connectivity index (χ3n) is 3.78. The van der Waals surface area contributed by atoms with E-state index in [0.717, 1.165) is 16.5 Å². The number of rotatable bonds is 7. The Morgan fingerprint density at radius 3 is 2.19 bits per heavy atom. The molecule has 0 aliphatic rings. The predicted octanol–water partition coefficient (Wildman–Crippen LogP) is 3.14. The lowest BCUT2D eigenvalue weighted by Crippen LogP contribution is -2.21. The Balaban J connectivity index is 1.90. The zero-order valence-corrected chi connectivity index (χ0v) is 14.6. The third kappa shape index (κ3) is 3.85. The van der Waals surface area contributed by atoms with E-state index in [1.807, 2.05) is 32.0 Å². The van der Waals surface area contributed by atoms with Gasteiger partial charge in [0.1, 0.15) is 5.82 Å². The van der Waals surface area contributed by atoms with Crippen LogP contribution in [0.5, 0.6) is 11.5 Å². The number of carbonyl (C=O) groups is 1. The van der Waals surface area contributed by atoms with Gasteiger partial charge in [-0.15, -0.1) is 0 Å². The lowest BCUT2D eigenvalue weighted by molar-refractivity contribution is -0.255. The summed E-state index contributed by atoms with van der Waals surface area (Å²) in [7, 11) is 0. The minimum atomic E-state index is -1.20. The fraction of sp³-hybridized carbons (Fsp3) is 0.200. The van der Waals surface area contributed by atoms with Crippen LogP contribution in [-0.2, 0) is 0 Å². The van der Waals surface area contributed by atoms with Crippen LogP contribution in [0.15, 0.2) is 48.7 Å². The van der Waals surface area contributed by atoms with Gasteiger partial charge in [0.05, 0.1) is 19.2 Å². The molecular weight excluding hydrogens is 332 g/mol. The fourth-order valence-electron chi connectivity index (χ4n) is 2.59. The Bertz CT molecular complexity index is 923. The number of carboxylic acids is 1. The molecule has 3 aromatic rings. The Morgan fingerprint density at radius 2 is 1.62 bits per heavy atom. The van der Waals surface area contributed by atoms with Crippen molar-refractivity contribution < 1.29 is 19.4 Å². The first-order valence-corrected chi connectivity index (χ1v) is 8.38. The smallest absolute Gasteiger partial charge is 0.161 e. The number of benzene rings is 2. The summed E-state index contributed by atoms with van der Waals surface area (Å²) in [5, 5.41) is 15.9. The fourth-order valence-corrected chi connectivity index (χ4v) is 2.59. The van der Waals surface area contributed by atoms with Gasteiger partial charge in [0.15, 0.2) is 11.5 Å². The number of nitrogens with zero attached hydrogens (tertiary/aromatic N) is 1. The maximum atomic E-state index is 10.8. The molecule has 0 atom stereocenters. The van der Waals surface area contributed by atoms with Gasteiger partial charge in [-0.2, -0.15) is 0 Å². The Hall–Kier alpha value is -3.28. The molecule has 6 nitrogen and oxygen atoms in total. The standard InChI is InChI=1S/C20H20N2O4/c1-3-25-17-9-14-11-19(21-12-15(14)10-18(17)26-4-2)22-16-7-5-13(6-8-16)20(23)24/h5-12H,3-4H2,1-2H3,(H,21,22)(H,23,24)/p-1. The highest BCUT2D eigenvalue weighted by atomic mass is 16.5. The molecule has 0 spiro atoms. The average molecular weight is 351 g/mol. The van der Waals surface area contributed by atoms with E-state index in [1.165, 1.54) is 12.1 Å². The SMILES string of the molecule is CCOc1cc2cnc(Nc3ccc(C(=O)[O-])cc3)cc2cc1OCC. The number of aromatic carboxylic acids is 1. The van der Waals surface area contributed by atoms with Crippen molar-refractivity contribution in [1.29, 1.82) is 0 Å². The highest BCUT2D eigenvalue weighted by Gasteiger charge is 2.08. The molecule has 1 N–H and O–H groups in total. The molecule has 0 amide bonds. The van der Waals surface area contributed by atoms with E-state index in [-0.39, 0.29) is 5.56 Å².